The second kappa shape index (κ2) is 8.91. The summed E-state index contributed by atoms with van der Waals surface area (Å²) in [7, 11) is -3.89. The first-order valence-electron chi connectivity index (χ1n) is 8.21. The molecule has 0 unspecified atom stereocenters. The molecule has 0 fully saturated rings. The van der Waals surface area contributed by atoms with Crippen molar-refractivity contribution in [3.63, 3.8) is 0 Å². The first-order chi connectivity index (χ1) is 13.7. The standard InChI is InChI=1S/C17H15ClFN5O3S2/c1-10-23-24-16(28-10)9-21-17(25)11-2-3-12(20-7-11)8-22-29(26,27)13-4-5-15(19)14(18)6-13/h2-7,22H,8-9H2,1H3,(H,21,25). The van der Waals surface area contributed by atoms with Crippen molar-refractivity contribution in [3.8, 4) is 0 Å². The van der Waals surface area contributed by atoms with Crippen molar-refractivity contribution < 1.29 is 17.6 Å². The molecule has 0 aliphatic heterocycles. The molecular formula is C17H15ClFN5O3S2. The highest BCUT2D eigenvalue weighted by molar-refractivity contribution is 7.89. The van der Waals surface area contributed by atoms with Crippen LogP contribution in [0.25, 0.3) is 0 Å². The van der Waals surface area contributed by atoms with Crippen LogP contribution in [0, 0.1) is 12.7 Å². The molecule has 29 heavy (non-hydrogen) atoms. The van der Waals surface area contributed by atoms with Gasteiger partial charge in [-0.25, -0.2) is 17.5 Å². The fraction of sp³-hybridized carbons (Fsp3) is 0.176. The summed E-state index contributed by atoms with van der Waals surface area (Å²) in [6.07, 6.45) is 1.35. The Balaban J connectivity index is 1.58. The molecule has 0 saturated carbocycles. The van der Waals surface area contributed by atoms with E-state index in [4.69, 9.17) is 11.6 Å². The SMILES string of the molecule is Cc1nnc(CNC(=O)c2ccc(CNS(=O)(=O)c3ccc(F)c(Cl)c3)nc2)s1. The van der Waals surface area contributed by atoms with Crippen LogP contribution in [0.2, 0.25) is 5.02 Å². The largest absolute Gasteiger partial charge is 0.345 e. The number of nitrogens with one attached hydrogen (secondary N) is 2. The average molecular weight is 456 g/mol. The molecule has 3 aromatic rings. The van der Waals surface area contributed by atoms with Crippen LogP contribution in [-0.2, 0) is 23.1 Å². The van der Waals surface area contributed by atoms with Gasteiger partial charge in [-0.3, -0.25) is 9.78 Å². The number of aromatic nitrogens is 3. The van der Waals surface area contributed by atoms with Gasteiger partial charge in [0.1, 0.15) is 15.8 Å². The van der Waals surface area contributed by atoms with Gasteiger partial charge in [-0.2, -0.15) is 0 Å². The molecule has 2 aromatic heterocycles. The molecule has 8 nitrogen and oxygen atoms in total. The topological polar surface area (TPSA) is 114 Å². The lowest BCUT2D eigenvalue weighted by molar-refractivity contribution is 0.0950. The van der Waals surface area contributed by atoms with E-state index in [0.717, 1.165) is 23.2 Å². The number of benzene rings is 1. The fourth-order valence-corrected chi connectivity index (χ4v) is 4.15. The molecule has 1 amide bonds. The van der Waals surface area contributed by atoms with Crippen LogP contribution in [0.15, 0.2) is 41.4 Å². The summed E-state index contributed by atoms with van der Waals surface area (Å²) >= 11 is 7.02. The molecule has 0 radical (unpaired) electrons. The molecule has 2 heterocycles. The van der Waals surface area contributed by atoms with Crippen LogP contribution in [0.3, 0.4) is 0 Å². The number of sulfonamides is 1. The summed E-state index contributed by atoms with van der Waals surface area (Å²) in [6.45, 7) is 1.97. The van der Waals surface area contributed by atoms with E-state index >= 15 is 0 Å². The third-order valence-electron chi connectivity index (χ3n) is 3.70. The van der Waals surface area contributed by atoms with Gasteiger partial charge in [0.05, 0.1) is 34.3 Å². The quantitative estimate of drug-likeness (QED) is 0.565. The second-order valence-corrected chi connectivity index (χ2v) is 9.28. The summed E-state index contributed by atoms with van der Waals surface area (Å²) in [5.74, 6) is -1.04. The molecule has 3 rings (SSSR count). The maximum atomic E-state index is 13.2. The molecule has 0 saturated heterocycles. The van der Waals surface area contributed by atoms with Crippen molar-refractivity contribution in [1.82, 2.24) is 25.2 Å². The predicted octanol–water partition coefficient (Wildman–Crippen LogP) is 2.44. The molecule has 0 aliphatic rings. The van der Waals surface area contributed by atoms with Crippen molar-refractivity contribution in [1.29, 1.82) is 0 Å². The van der Waals surface area contributed by atoms with E-state index in [1.807, 2.05) is 6.92 Å². The van der Waals surface area contributed by atoms with Gasteiger partial charge in [-0.1, -0.05) is 22.9 Å². The number of carbonyl (C=O) groups excluding carboxylic acids is 1. The summed E-state index contributed by atoms with van der Waals surface area (Å²) in [6, 6.07) is 6.19. The van der Waals surface area contributed by atoms with Gasteiger partial charge in [0.2, 0.25) is 10.0 Å². The molecule has 152 valence electrons. The van der Waals surface area contributed by atoms with Gasteiger partial charge in [-0.15, -0.1) is 10.2 Å². The highest BCUT2D eigenvalue weighted by Gasteiger charge is 2.16. The third kappa shape index (κ3) is 5.54. The lowest BCUT2D eigenvalue weighted by atomic mass is 10.2. The fourth-order valence-electron chi connectivity index (χ4n) is 2.23. The van der Waals surface area contributed by atoms with Gasteiger partial charge in [-0.05, 0) is 37.3 Å². The Kier molecular flexibility index (Phi) is 6.52. The van der Waals surface area contributed by atoms with Crippen LogP contribution < -0.4 is 10.0 Å². The Morgan fingerprint density at radius 3 is 2.62 bits per heavy atom. The molecular weight excluding hydrogens is 441 g/mol. The van der Waals surface area contributed by atoms with Crippen molar-refractivity contribution in [2.24, 2.45) is 0 Å². The first-order valence-corrected chi connectivity index (χ1v) is 10.9. The van der Waals surface area contributed by atoms with E-state index in [9.17, 15) is 17.6 Å². The summed E-state index contributed by atoms with van der Waals surface area (Å²) < 4.78 is 40.1. The second-order valence-electron chi connectivity index (χ2n) is 5.84. The van der Waals surface area contributed by atoms with Crippen molar-refractivity contribution in [2.75, 3.05) is 0 Å². The zero-order valence-electron chi connectivity index (χ0n) is 15.0. The maximum Gasteiger partial charge on any atom is 0.253 e. The average Bonchev–Trinajstić information content (AvgIpc) is 3.12. The number of carbonyl (C=O) groups is 1. The Bertz CT molecular complexity index is 1140. The lowest BCUT2D eigenvalue weighted by Gasteiger charge is -2.08. The molecule has 0 aliphatic carbocycles. The van der Waals surface area contributed by atoms with Gasteiger partial charge in [0, 0.05) is 6.20 Å². The van der Waals surface area contributed by atoms with Crippen LogP contribution in [0.4, 0.5) is 4.39 Å². The summed E-state index contributed by atoms with van der Waals surface area (Å²) in [5, 5.41) is 11.7. The zero-order valence-corrected chi connectivity index (χ0v) is 17.4. The first kappa shape index (κ1) is 21.2. The number of rotatable bonds is 7. The van der Waals surface area contributed by atoms with Crippen LogP contribution >= 0.6 is 22.9 Å². The molecule has 12 heteroatoms. The number of pyridine rings is 1. The van der Waals surface area contributed by atoms with Crippen LogP contribution in [0.1, 0.15) is 26.1 Å². The Morgan fingerprint density at radius 2 is 2.00 bits per heavy atom. The minimum absolute atomic E-state index is 0.108. The predicted molar refractivity (Wildman–Crippen MR) is 105 cm³/mol. The van der Waals surface area contributed by atoms with Gasteiger partial charge < -0.3 is 5.32 Å². The van der Waals surface area contributed by atoms with Crippen molar-refractivity contribution >= 4 is 38.9 Å². The van der Waals surface area contributed by atoms with Crippen LogP contribution in [0.5, 0.6) is 0 Å². The molecule has 2 N–H and O–H groups in total. The Hall–Kier alpha value is -2.47. The summed E-state index contributed by atoms with van der Waals surface area (Å²) in [5.41, 5.74) is 0.723. The normalized spacial score (nSPS) is 11.4. The lowest BCUT2D eigenvalue weighted by Crippen LogP contribution is -2.25. The van der Waals surface area contributed by atoms with E-state index in [2.05, 4.69) is 25.2 Å². The van der Waals surface area contributed by atoms with Crippen molar-refractivity contribution in [3.05, 3.63) is 68.6 Å². The number of amides is 1. The minimum Gasteiger partial charge on any atom is -0.345 e. The highest BCUT2D eigenvalue weighted by Crippen LogP contribution is 2.19. The van der Waals surface area contributed by atoms with Crippen molar-refractivity contribution in [2.45, 2.75) is 24.9 Å². The molecule has 1 aromatic carbocycles. The smallest absolute Gasteiger partial charge is 0.253 e. The van der Waals surface area contributed by atoms with E-state index in [0.29, 0.717) is 16.3 Å². The number of nitrogens with zero attached hydrogens (tertiary/aromatic N) is 3. The molecule has 0 bridgehead atoms. The van der Waals surface area contributed by atoms with Gasteiger partial charge >= 0.3 is 0 Å². The number of aryl methyl sites for hydroxylation is 1. The number of hydrogen-bond donors (Lipinski definition) is 2. The highest BCUT2D eigenvalue weighted by atomic mass is 35.5. The minimum atomic E-state index is -3.89. The van der Waals surface area contributed by atoms with Crippen LogP contribution in [-0.4, -0.2) is 29.5 Å². The molecule has 0 spiro atoms. The monoisotopic (exact) mass is 455 g/mol. The van der Waals surface area contributed by atoms with E-state index in [-0.39, 0.29) is 28.9 Å². The Labute approximate surface area is 175 Å². The van der Waals surface area contributed by atoms with E-state index in [1.165, 1.54) is 29.7 Å². The van der Waals surface area contributed by atoms with E-state index in [1.54, 1.807) is 0 Å². The zero-order chi connectivity index (χ0) is 21.0. The molecule has 0 atom stereocenters. The third-order valence-corrected chi connectivity index (χ3v) is 6.23. The summed E-state index contributed by atoms with van der Waals surface area (Å²) in [4.78, 5) is 16.1. The van der Waals surface area contributed by atoms with E-state index < -0.39 is 15.8 Å². The number of halogens is 2. The van der Waals surface area contributed by atoms with Gasteiger partial charge in [0.15, 0.2) is 0 Å². The van der Waals surface area contributed by atoms with Gasteiger partial charge in [0.25, 0.3) is 5.91 Å². The maximum absolute atomic E-state index is 13.2. The number of hydrogen-bond acceptors (Lipinski definition) is 7. The Morgan fingerprint density at radius 1 is 1.21 bits per heavy atom.